The molecular weight excluding hydrogens is 183 g/mol. The Morgan fingerprint density at radius 3 is 2.62 bits per heavy atom. The van der Waals surface area contributed by atoms with E-state index in [9.17, 15) is 18.0 Å². The molecule has 0 aromatic heterocycles. The first-order valence-electron chi connectivity index (χ1n) is 4.06. The van der Waals surface area contributed by atoms with Gasteiger partial charge in [-0.1, -0.05) is 6.08 Å². The molecule has 0 saturated carbocycles. The molecule has 0 unspecified atom stereocenters. The molecule has 0 bridgehead atoms. The molecule has 0 spiro atoms. The predicted octanol–water partition coefficient (Wildman–Crippen LogP) is 2.07. The Balaban J connectivity index is 2.64. The van der Waals surface area contributed by atoms with E-state index in [0.29, 0.717) is 6.42 Å². The zero-order chi connectivity index (χ0) is 9.90. The Labute approximate surface area is 74.0 Å². The van der Waals surface area contributed by atoms with Crippen LogP contribution >= 0.6 is 0 Å². The van der Waals surface area contributed by atoms with Gasteiger partial charge in [0.2, 0.25) is 0 Å². The predicted molar refractivity (Wildman–Crippen MR) is 40.8 cm³/mol. The van der Waals surface area contributed by atoms with Crippen molar-refractivity contribution in [1.29, 1.82) is 0 Å². The van der Waals surface area contributed by atoms with Gasteiger partial charge in [-0.25, -0.2) is 0 Å². The number of carbonyl (C=O) groups is 1. The number of rotatable bonds is 0. The van der Waals surface area contributed by atoms with Crippen molar-refractivity contribution < 1.29 is 18.0 Å². The van der Waals surface area contributed by atoms with Gasteiger partial charge in [-0.15, -0.1) is 0 Å². The molecule has 1 aliphatic rings. The number of amides is 1. The van der Waals surface area contributed by atoms with Crippen molar-refractivity contribution in [2.24, 2.45) is 0 Å². The highest BCUT2D eigenvalue weighted by Gasteiger charge is 2.41. The lowest BCUT2D eigenvalue weighted by molar-refractivity contribution is -0.182. The van der Waals surface area contributed by atoms with Crippen molar-refractivity contribution in [2.75, 3.05) is 6.54 Å². The van der Waals surface area contributed by atoms with Crippen LogP contribution in [0.1, 0.15) is 19.3 Å². The Hall–Kier alpha value is -1.00. The van der Waals surface area contributed by atoms with Gasteiger partial charge in [-0.3, -0.25) is 4.79 Å². The molecule has 0 aromatic rings. The first-order valence-corrected chi connectivity index (χ1v) is 4.06. The Bertz CT molecular complexity index is 222. The van der Waals surface area contributed by atoms with Crippen LogP contribution in [-0.4, -0.2) is 23.5 Å². The summed E-state index contributed by atoms with van der Waals surface area (Å²) in [6.07, 6.45) is 0.253. The minimum Gasteiger partial charge on any atom is -0.312 e. The normalized spacial score (nSPS) is 18.5. The van der Waals surface area contributed by atoms with E-state index in [2.05, 4.69) is 0 Å². The van der Waals surface area contributed by atoms with Crippen molar-refractivity contribution in [3.05, 3.63) is 12.3 Å². The molecule has 0 saturated heterocycles. The number of halogens is 3. The van der Waals surface area contributed by atoms with E-state index in [4.69, 9.17) is 0 Å². The summed E-state index contributed by atoms with van der Waals surface area (Å²) in [5.74, 6) is -1.77. The molecule has 1 aliphatic heterocycles. The van der Waals surface area contributed by atoms with Gasteiger partial charge >= 0.3 is 12.1 Å². The first kappa shape index (κ1) is 10.1. The van der Waals surface area contributed by atoms with Crippen LogP contribution in [0.5, 0.6) is 0 Å². The van der Waals surface area contributed by atoms with Crippen LogP contribution in [0.2, 0.25) is 0 Å². The smallest absolute Gasteiger partial charge is 0.312 e. The fraction of sp³-hybridized carbons (Fsp3) is 0.625. The highest BCUT2D eigenvalue weighted by molar-refractivity contribution is 5.82. The maximum atomic E-state index is 11.9. The van der Waals surface area contributed by atoms with Gasteiger partial charge in [-0.05, 0) is 19.3 Å². The van der Waals surface area contributed by atoms with Gasteiger partial charge in [0.15, 0.2) is 0 Å². The number of allylic oxidation sites excluding steroid dienone is 1. The van der Waals surface area contributed by atoms with Gasteiger partial charge in [-0.2, -0.15) is 13.2 Å². The molecule has 74 valence electrons. The third-order valence-corrected chi connectivity index (χ3v) is 1.81. The van der Waals surface area contributed by atoms with Crippen LogP contribution in [0.3, 0.4) is 0 Å². The third kappa shape index (κ3) is 2.75. The second-order valence-corrected chi connectivity index (χ2v) is 2.88. The molecule has 1 amide bonds. The van der Waals surface area contributed by atoms with Crippen molar-refractivity contribution in [2.45, 2.75) is 25.4 Å². The maximum absolute atomic E-state index is 11.9. The molecule has 5 heteroatoms. The minimum atomic E-state index is -4.76. The second kappa shape index (κ2) is 3.81. The molecule has 13 heavy (non-hydrogen) atoms. The molecule has 2 nitrogen and oxygen atoms in total. The van der Waals surface area contributed by atoms with E-state index in [1.807, 2.05) is 0 Å². The molecular formula is C8H10F3NO. The van der Waals surface area contributed by atoms with Gasteiger partial charge in [0.25, 0.3) is 0 Å². The number of carbonyl (C=O) groups excluding carboxylic acids is 1. The fourth-order valence-electron chi connectivity index (χ4n) is 1.15. The maximum Gasteiger partial charge on any atom is 0.471 e. The lowest BCUT2D eigenvalue weighted by atomic mass is 10.2. The second-order valence-electron chi connectivity index (χ2n) is 2.88. The van der Waals surface area contributed by atoms with E-state index >= 15 is 0 Å². The van der Waals surface area contributed by atoms with Crippen LogP contribution in [0.15, 0.2) is 12.3 Å². The fourth-order valence-corrected chi connectivity index (χ4v) is 1.15. The monoisotopic (exact) mass is 193 g/mol. The molecule has 0 fully saturated rings. The van der Waals surface area contributed by atoms with Crippen molar-refractivity contribution in [3.63, 3.8) is 0 Å². The van der Waals surface area contributed by atoms with Crippen molar-refractivity contribution in [3.8, 4) is 0 Å². The van der Waals surface area contributed by atoms with Crippen LogP contribution in [0, 0.1) is 0 Å². The standard InChI is InChI=1S/C8H10F3NO/c9-8(10,11)7(13)12-5-3-1-2-4-6-12/h3,5H,1-2,4,6H2. The van der Waals surface area contributed by atoms with Gasteiger partial charge < -0.3 is 4.90 Å². The number of hydrogen-bond acceptors (Lipinski definition) is 1. The lowest BCUT2D eigenvalue weighted by Crippen LogP contribution is -2.37. The summed E-state index contributed by atoms with van der Waals surface area (Å²) < 4.78 is 35.8. The van der Waals surface area contributed by atoms with Crippen LogP contribution in [0.4, 0.5) is 13.2 Å². The van der Waals surface area contributed by atoms with E-state index in [-0.39, 0.29) is 6.54 Å². The highest BCUT2D eigenvalue weighted by atomic mass is 19.4. The third-order valence-electron chi connectivity index (χ3n) is 1.81. The van der Waals surface area contributed by atoms with E-state index in [0.717, 1.165) is 17.7 Å². The summed E-state index contributed by atoms with van der Waals surface area (Å²) in [4.78, 5) is 11.5. The average Bonchev–Trinajstić information content (AvgIpc) is 2.28. The zero-order valence-corrected chi connectivity index (χ0v) is 6.97. The van der Waals surface area contributed by atoms with Crippen LogP contribution in [0.25, 0.3) is 0 Å². The molecule has 0 N–H and O–H groups in total. The molecule has 0 aromatic carbocycles. The summed E-state index contributed by atoms with van der Waals surface area (Å²) in [7, 11) is 0. The van der Waals surface area contributed by atoms with E-state index in [1.54, 1.807) is 6.08 Å². The number of alkyl halides is 3. The topological polar surface area (TPSA) is 20.3 Å². The minimum absolute atomic E-state index is 0.162. The summed E-state index contributed by atoms with van der Waals surface area (Å²) in [6.45, 7) is 0.162. The van der Waals surface area contributed by atoms with Gasteiger partial charge in [0.05, 0.1) is 0 Å². The molecule has 1 rings (SSSR count). The molecule has 0 atom stereocenters. The first-order chi connectivity index (χ1) is 6.02. The summed E-state index contributed by atoms with van der Waals surface area (Å²) in [5.41, 5.74) is 0. The van der Waals surface area contributed by atoms with E-state index < -0.39 is 12.1 Å². The Morgan fingerprint density at radius 1 is 1.31 bits per heavy atom. The Morgan fingerprint density at radius 2 is 2.00 bits per heavy atom. The number of nitrogens with zero attached hydrogens (tertiary/aromatic N) is 1. The largest absolute Gasteiger partial charge is 0.471 e. The molecule has 0 radical (unpaired) electrons. The summed E-state index contributed by atoms with van der Waals surface area (Å²) in [5, 5.41) is 0. The van der Waals surface area contributed by atoms with Crippen molar-refractivity contribution in [1.82, 2.24) is 4.90 Å². The quantitative estimate of drug-likeness (QED) is 0.576. The molecule has 0 aliphatic carbocycles. The van der Waals surface area contributed by atoms with Gasteiger partial charge in [0, 0.05) is 12.7 Å². The highest BCUT2D eigenvalue weighted by Crippen LogP contribution is 2.20. The molecule has 1 heterocycles. The van der Waals surface area contributed by atoms with E-state index in [1.165, 1.54) is 6.20 Å². The summed E-state index contributed by atoms with van der Waals surface area (Å²) >= 11 is 0. The van der Waals surface area contributed by atoms with Gasteiger partial charge in [0.1, 0.15) is 0 Å². The summed E-state index contributed by atoms with van der Waals surface area (Å²) in [6, 6.07) is 0. The Kier molecular flexibility index (Phi) is 2.95. The zero-order valence-electron chi connectivity index (χ0n) is 6.97. The van der Waals surface area contributed by atoms with Crippen LogP contribution in [-0.2, 0) is 4.79 Å². The van der Waals surface area contributed by atoms with Crippen LogP contribution < -0.4 is 0 Å². The average molecular weight is 193 g/mol. The van der Waals surface area contributed by atoms with Crippen molar-refractivity contribution >= 4 is 5.91 Å². The lowest BCUT2D eigenvalue weighted by Gasteiger charge is -2.17. The number of hydrogen-bond donors (Lipinski definition) is 0. The SMILES string of the molecule is O=C(N1C=CCCCC1)C(F)(F)F.